The average molecular weight is 258 g/mol. The number of benzene rings is 1. The van der Waals surface area contributed by atoms with Crippen LogP contribution < -0.4 is 0 Å². The van der Waals surface area contributed by atoms with E-state index in [0.717, 1.165) is 5.69 Å². The molecule has 0 spiro atoms. The zero-order chi connectivity index (χ0) is 11.8. The summed E-state index contributed by atoms with van der Waals surface area (Å²) in [4.78, 5) is 4.18. The van der Waals surface area contributed by atoms with Crippen molar-refractivity contribution in [2.45, 2.75) is 11.8 Å². The summed E-state index contributed by atoms with van der Waals surface area (Å²) in [6, 6.07) is 6.02. The second-order valence-electron chi connectivity index (χ2n) is 3.26. The van der Waals surface area contributed by atoms with Crippen molar-refractivity contribution in [1.82, 2.24) is 4.98 Å². The lowest BCUT2D eigenvalue weighted by Gasteiger charge is -1.97. The Kier molecular flexibility index (Phi) is 2.73. The topological polar surface area (TPSA) is 60.2 Å². The minimum Gasteiger partial charge on any atom is -0.444 e. The van der Waals surface area contributed by atoms with Crippen molar-refractivity contribution < 1.29 is 12.8 Å². The standard InChI is InChI=1S/C10H8ClNO3S/c1-7-6-15-10(12-7)8-2-4-9(5-3-8)16(11,13)14/h2-6H,1H3. The number of oxazole rings is 1. The molecule has 0 amide bonds. The minimum absolute atomic E-state index is 0.0567. The van der Waals surface area contributed by atoms with E-state index in [9.17, 15) is 8.42 Å². The highest BCUT2D eigenvalue weighted by molar-refractivity contribution is 8.13. The molecule has 0 aliphatic rings. The summed E-state index contributed by atoms with van der Waals surface area (Å²) in [5, 5.41) is 0. The van der Waals surface area contributed by atoms with E-state index in [1.807, 2.05) is 6.92 Å². The van der Waals surface area contributed by atoms with Crippen LogP contribution in [0.1, 0.15) is 5.69 Å². The molecule has 4 nitrogen and oxygen atoms in total. The van der Waals surface area contributed by atoms with E-state index in [4.69, 9.17) is 15.1 Å². The van der Waals surface area contributed by atoms with Crippen molar-refractivity contribution in [2.75, 3.05) is 0 Å². The van der Waals surface area contributed by atoms with Gasteiger partial charge in [0, 0.05) is 16.2 Å². The maximum Gasteiger partial charge on any atom is 0.261 e. The second-order valence-corrected chi connectivity index (χ2v) is 5.82. The lowest BCUT2D eigenvalue weighted by Crippen LogP contribution is -1.89. The van der Waals surface area contributed by atoms with Crippen LogP contribution in [0.4, 0.5) is 0 Å². The first kappa shape index (κ1) is 11.2. The predicted molar refractivity (Wildman–Crippen MR) is 59.7 cm³/mol. The molecular formula is C10H8ClNO3S. The molecule has 0 radical (unpaired) electrons. The highest BCUT2D eigenvalue weighted by Crippen LogP contribution is 2.22. The van der Waals surface area contributed by atoms with Gasteiger partial charge in [0.1, 0.15) is 6.26 Å². The summed E-state index contributed by atoms with van der Waals surface area (Å²) in [6.45, 7) is 1.81. The van der Waals surface area contributed by atoms with E-state index < -0.39 is 9.05 Å². The molecule has 0 atom stereocenters. The molecule has 0 bridgehead atoms. The Morgan fingerprint density at radius 2 is 1.88 bits per heavy atom. The molecule has 0 saturated heterocycles. The first-order chi connectivity index (χ1) is 7.47. The zero-order valence-corrected chi connectivity index (χ0v) is 9.92. The van der Waals surface area contributed by atoms with Crippen molar-refractivity contribution in [3.63, 3.8) is 0 Å². The van der Waals surface area contributed by atoms with Gasteiger partial charge < -0.3 is 4.42 Å². The Balaban J connectivity index is 2.40. The molecule has 0 aliphatic carbocycles. The van der Waals surface area contributed by atoms with Crippen LogP contribution in [-0.2, 0) is 9.05 Å². The van der Waals surface area contributed by atoms with Gasteiger partial charge in [-0.2, -0.15) is 0 Å². The Bertz CT molecular complexity index is 601. The van der Waals surface area contributed by atoms with E-state index in [-0.39, 0.29) is 4.90 Å². The molecule has 2 rings (SSSR count). The van der Waals surface area contributed by atoms with Crippen LogP contribution in [0.2, 0.25) is 0 Å². The van der Waals surface area contributed by atoms with Crippen molar-refractivity contribution in [1.29, 1.82) is 0 Å². The minimum atomic E-state index is -3.68. The van der Waals surface area contributed by atoms with Crippen molar-refractivity contribution >= 4 is 19.7 Å². The van der Waals surface area contributed by atoms with E-state index >= 15 is 0 Å². The Morgan fingerprint density at radius 1 is 1.25 bits per heavy atom. The fraction of sp³-hybridized carbons (Fsp3) is 0.100. The Labute approximate surface area is 97.3 Å². The summed E-state index contributed by atoms with van der Waals surface area (Å²) >= 11 is 0. The third-order valence-corrected chi connectivity index (χ3v) is 3.37. The van der Waals surface area contributed by atoms with Gasteiger partial charge in [-0.15, -0.1) is 0 Å². The third kappa shape index (κ3) is 2.25. The van der Waals surface area contributed by atoms with Crippen LogP contribution in [0.25, 0.3) is 11.5 Å². The van der Waals surface area contributed by atoms with Gasteiger partial charge in [-0.3, -0.25) is 0 Å². The largest absolute Gasteiger partial charge is 0.444 e. The van der Waals surface area contributed by atoms with Crippen LogP contribution >= 0.6 is 10.7 Å². The number of aromatic nitrogens is 1. The lowest BCUT2D eigenvalue weighted by molar-refractivity contribution is 0.573. The molecule has 0 aliphatic heterocycles. The van der Waals surface area contributed by atoms with Crippen LogP contribution in [-0.4, -0.2) is 13.4 Å². The van der Waals surface area contributed by atoms with Crippen molar-refractivity contribution in [2.24, 2.45) is 0 Å². The molecule has 16 heavy (non-hydrogen) atoms. The fourth-order valence-electron chi connectivity index (χ4n) is 1.25. The Morgan fingerprint density at radius 3 is 2.31 bits per heavy atom. The molecule has 84 valence electrons. The maximum atomic E-state index is 11.0. The SMILES string of the molecule is Cc1coc(-c2ccc(S(=O)(=O)Cl)cc2)n1. The summed E-state index contributed by atoms with van der Waals surface area (Å²) < 4.78 is 27.2. The number of aryl methyl sites for hydroxylation is 1. The Hall–Kier alpha value is -1.33. The van der Waals surface area contributed by atoms with Gasteiger partial charge in [-0.05, 0) is 31.2 Å². The van der Waals surface area contributed by atoms with Crippen molar-refractivity contribution in [3.8, 4) is 11.5 Å². The van der Waals surface area contributed by atoms with Crippen LogP contribution in [0, 0.1) is 6.92 Å². The molecule has 6 heteroatoms. The van der Waals surface area contributed by atoms with Gasteiger partial charge in [0.25, 0.3) is 9.05 Å². The van der Waals surface area contributed by atoms with Crippen LogP contribution in [0.5, 0.6) is 0 Å². The quantitative estimate of drug-likeness (QED) is 0.776. The summed E-state index contributed by atoms with van der Waals surface area (Å²) in [5.74, 6) is 0.455. The predicted octanol–water partition coefficient (Wildman–Crippen LogP) is 2.58. The van der Waals surface area contributed by atoms with Gasteiger partial charge >= 0.3 is 0 Å². The molecular weight excluding hydrogens is 250 g/mol. The summed E-state index contributed by atoms with van der Waals surface area (Å²) in [7, 11) is 1.52. The second kappa shape index (κ2) is 3.92. The van der Waals surface area contributed by atoms with E-state index in [2.05, 4.69) is 4.98 Å². The van der Waals surface area contributed by atoms with E-state index in [1.165, 1.54) is 18.4 Å². The fourth-order valence-corrected chi connectivity index (χ4v) is 2.02. The van der Waals surface area contributed by atoms with Gasteiger partial charge in [0.05, 0.1) is 10.6 Å². The zero-order valence-electron chi connectivity index (χ0n) is 8.34. The van der Waals surface area contributed by atoms with Gasteiger partial charge in [-0.1, -0.05) is 0 Å². The van der Waals surface area contributed by atoms with E-state index in [1.54, 1.807) is 12.1 Å². The van der Waals surface area contributed by atoms with Crippen LogP contribution in [0.15, 0.2) is 39.8 Å². The van der Waals surface area contributed by atoms with Crippen molar-refractivity contribution in [3.05, 3.63) is 36.2 Å². The van der Waals surface area contributed by atoms with Crippen LogP contribution in [0.3, 0.4) is 0 Å². The smallest absolute Gasteiger partial charge is 0.261 e. The monoisotopic (exact) mass is 257 g/mol. The molecule has 0 N–H and O–H groups in total. The van der Waals surface area contributed by atoms with Gasteiger partial charge in [-0.25, -0.2) is 13.4 Å². The summed E-state index contributed by atoms with van der Waals surface area (Å²) in [6.07, 6.45) is 1.53. The highest BCUT2D eigenvalue weighted by atomic mass is 35.7. The molecule has 0 saturated carbocycles. The number of rotatable bonds is 2. The first-order valence-corrected chi connectivity index (χ1v) is 6.75. The molecule has 0 fully saturated rings. The number of nitrogens with zero attached hydrogens (tertiary/aromatic N) is 1. The van der Waals surface area contributed by atoms with Gasteiger partial charge in [0.15, 0.2) is 0 Å². The first-order valence-electron chi connectivity index (χ1n) is 4.44. The lowest BCUT2D eigenvalue weighted by atomic mass is 10.2. The number of hydrogen-bond donors (Lipinski definition) is 0. The van der Waals surface area contributed by atoms with Gasteiger partial charge in [0.2, 0.25) is 5.89 Å². The summed E-state index contributed by atoms with van der Waals surface area (Å²) in [5.41, 5.74) is 1.47. The molecule has 1 heterocycles. The average Bonchev–Trinajstić information content (AvgIpc) is 2.64. The molecule has 2 aromatic rings. The highest BCUT2D eigenvalue weighted by Gasteiger charge is 2.10. The maximum absolute atomic E-state index is 11.0. The number of halogens is 1. The number of hydrogen-bond acceptors (Lipinski definition) is 4. The molecule has 1 aromatic carbocycles. The third-order valence-electron chi connectivity index (χ3n) is 2.00. The molecule has 0 unspecified atom stereocenters. The molecule has 1 aromatic heterocycles. The normalized spacial score (nSPS) is 11.6. The van der Waals surface area contributed by atoms with E-state index in [0.29, 0.717) is 11.5 Å².